The quantitative estimate of drug-likeness (QED) is 0.755. The highest BCUT2D eigenvalue weighted by Crippen LogP contribution is 2.26. The fraction of sp³-hybridized carbons (Fsp3) is 0.455. The summed E-state index contributed by atoms with van der Waals surface area (Å²) in [5.74, 6) is 0.549. The van der Waals surface area contributed by atoms with Gasteiger partial charge < -0.3 is 10.3 Å². The van der Waals surface area contributed by atoms with E-state index >= 15 is 0 Å². The molecule has 0 saturated heterocycles. The summed E-state index contributed by atoms with van der Waals surface area (Å²) in [6, 6.07) is 3.21. The molecule has 2 N–H and O–H groups in total. The van der Waals surface area contributed by atoms with Gasteiger partial charge in [-0.3, -0.25) is 9.59 Å². The van der Waals surface area contributed by atoms with Crippen molar-refractivity contribution in [2.45, 2.75) is 25.8 Å². The average molecular weight is 206 g/mol. The van der Waals surface area contributed by atoms with Gasteiger partial charge in [-0.05, 0) is 24.8 Å². The number of amides is 1. The van der Waals surface area contributed by atoms with E-state index in [0.717, 1.165) is 12.8 Å². The number of hydrogen-bond donors (Lipinski definition) is 2. The molecule has 1 aromatic rings. The van der Waals surface area contributed by atoms with Gasteiger partial charge >= 0.3 is 0 Å². The number of pyridine rings is 1. The van der Waals surface area contributed by atoms with E-state index in [1.807, 2.05) is 0 Å². The SMILES string of the molecule is CC1CC(NC(=O)c2cc[nH]c(=O)c2)C1. The van der Waals surface area contributed by atoms with Crippen molar-refractivity contribution in [3.05, 3.63) is 34.2 Å². The number of aromatic amines is 1. The van der Waals surface area contributed by atoms with E-state index in [0.29, 0.717) is 11.5 Å². The minimum atomic E-state index is -0.246. The van der Waals surface area contributed by atoms with Gasteiger partial charge in [0.25, 0.3) is 5.91 Å². The lowest BCUT2D eigenvalue weighted by atomic mass is 9.82. The standard InChI is InChI=1S/C11H14N2O2/c1-7-4-9(5-7)13-11(15)8-2-3-12-10(14)6-8/h2-3,6-7,9H,4-5H2,1H3,(H,12,14)(H,13,15). The van der Waals surface area contributed by atoms with Gasteiger partial charge in [-0.15, -0.1) is 0 Å². The van der Waals surface area contributed by atoms with Gasteiger partial charge in [0, 0.05) is 23.9 Å². The van der Waals surface area contributed by atoms with Crippen LogP contribution in [0.1, 0.15) is 30.1 Å². The number of H-pyrrole nitrogens is 1. The zero-order chi connectivity index (χ0) is 10.8. The third kappa shape index (κ3) is 2.26. The molecule has 4 nitrogen and oxygen atoms in total. The van der Waals surface area contributed by atoms with Crippen LogP contribution in [0.2, 0.25) is 0 Å². The van der Waals surface area contributed by atoms with Gasteiger partial charge in [-0.1, -0.05) is 6.92 Å². The Morgan fingerprint density at radius 1 is 1.53 bits per heavy atom. The Balaban J connectivity index is 1.99. The molecule has 0 radical (unpaired) electrons. The maximum Gasteiger partial charge on any atom is 0.251 e. The summed E-state index contributed by atoms with van der Waals surface area (Å²) in [6.45, 7) is 2.16. The van der Waals surface area contributed by atoms with Crippen LogP contribution in [0.3, 0.4) is 0 Å². The van der Waals surface area contributed by atoms with Crippen molar-refractivity contribution in [3.8, 4) is 0 Å². The monoisotopic (exact) mass is 206 g/mol. The van der Waals surface area contributed by atoms with E-state index in [4.69, 9.17) is 0 Å². The highest BCUT2D eigenvalue weighted by atomic mass is 16.2. The largest absolute Gasteiger partial charge is 0.349 e. The molecule has 0 aliphatic heterocycles. The molecule has 15 heavy (non-hydrogen) atoms. The van der Waals surface area contributed by atoms with Crippen LogP contribution in [0.5, 0.6) is 0 Å². The van der Waals surface area contributed by atoms with Crippen molar-refractivity contribution < 1.29 is 4.79 Å². The van der Waals surface area contributed by atoms with Crippen molar-refractivity contribution >= 4 is 5.91 Å². The zero-order valence-corrected chi connectivity index (χ0v) is 8.62. The summed E-state index contributed by atoms with van der Waals surface area (Å²) in [5.41, 5.74) is 0.183. The second kappa shape index (κ2) is 3.88. The molecule has 0 aromatic carbocycles. The van der Waals surface area contributed by atoms with Gasteiger partial charge in [0.1, 0.15) is 0 Å². The molecule has 4 heteroatoms. The first kappa shape index (κ1) is 9.96. The molecule has 1 heterocycles. The molecule has 1 aromatic heterocycles. The third-order valence-electron chi connectivity index (χ3n) is 2.75. The van der Waals surface area contributed by atoms with E-state index in [2.05, 4.69) is 17.2 Å². The summed E-state index contributed by atoms with van der Waals surface area (Å²) in [7, 11) is 0. The number of carbonyl (C=O) groups excluding carboxylic acids is 1. The van der Waals surface area contributed by atoms with Crippen LogP contribution < -0.4 is 10.9 Å². The molecular weight excluding hydrogens is 192 g/mol. The molecule has 1 amide bonds. The van der Waals surface area contributed by atoms with Crippen molar-refractivity contribution in [1.29, 1.82) is 0 Å². The Bertz CT molecular complexity index is 419. The Labute approximate surface area is 87.7 Å². The van der Waals surface area contributed by atoms with Crippen LogP contribution in [-0.4, -0.2) is 16.9 Å². The van der Waals surface area contributed by atoms with E-state index in [9.17, 15) is 9.59 Å². The van der Waals surface area contributed by atoms with Crippen molar-refractivity contribution in [2.75, 3.05) is 0 Å². The third-order valence-corrected chi connectivity index (χ3v) is 2.75. The van der Waals surface area contributed by atoms with Crippen LogP contribution in [-0.2, 0) is 0 Å². The summed E-state index contributed by atoms with van der Waals surface area (Å²) in [4.78, 5) is 25.1. The number of aromatic nitrogens is 1. The lowest BCUT2D eigenvalue weighted by molar-refractivity contribution is 0.0896. The molecule has 1 aliphatic rings. The number of nitrogens with one attached hydrogen (secondary N) is 2. The second-order valence-electron chi connectivity index (χ2n) is 4.19. The Hall–Kier alpha value is -1.58. The number of rotatable bonds is 2. The lowest BCUT2D eigenvalue weighted by Crippen LogP contribution is -2.43. The predicted octanol–water partition coefficient (Wildman–Crippen LogP) is 0.903. The molecule has 2 rings (SSSR count). The van der Waals surface area contributed by atoms with Crippen molar-refractivity contribution in [2.24, 2.45) is 5.92 Å². The van der Waals surface area contributed by atoms with Crippen LogP contribution in [0.25, 0.3) is 0 Å². The van der Waals surface area contributed by atoms with E-state index in [-0.39, 0.29) is 17.5 Å². The van der Waals surface area contributed by atoms with Gasteiger partial charge in [0.2, 0.25) is 5.56 Å². The highest BCUT2D eigenvalue weighted by Gasteiger charge is 2.26. The molecule has 1 fully saturated rings. The first-order chi connectivity index (χ1) is 7.15. The summed E-state index contributed by atoms with van der Waals surface area (Å²) in [5, 5.41) is 2.90. The van der Waals surface area contributed by atoms with Crippen LogP contribution in [0.15, 0.2) is 23.1 Å². The van der Waals surface area contributed by atoms with E-state index in [1.165, 1.54) is 12.3 Å². The molecule has 0 atom stereocenters. The smallest absolute Gasteiger partial charge is 0.251 e. The predicted molar refractivity (Wildman–Crippen MR) is 56.7 cm³/mol. The summed E-state index contributed by atoms with van der Waals surface area (Å²) < 4.78 is 0. The van der Waals surface area contributed by atoms with Gasteiger partial charge in [-0.2, -0.15) is 0 Å². The molecule has 0 unspecified atom stereocenters. The average Bonchev–Trinajstić information content (AvgIpc) is 2.15. The number of carbonyl (C=O) groups is 1. The van der Waals surface area contributed by atoms with Crippen molar-refractivity contribution in [1.82, 2.24) is 10.3 Å². The topological polar surface area (TPSA) is 62.0 Å². The normalized spacial score (nSPS) is 24.3. The van der Waals surface area contributed by atoms with Gasteiger partial charge in [-0.25, -0.2) is 0 Å². The molecule has 1 aliphatic carbocycles. The summed E-state index contributed by atoms with van der Waals surface area (Å²) in [6.07, 6.45) is 3.56. The minimum absolute atomic E-state index is 0.155. The minimum Gasteiger partial charge on any atom is -0.349 e. The maximum atomic E-state index is 11.6. The maximum absolute atomic E-state index is 11.6. The summed E-state index contributed by atoms with van der Waals surface area (Å²) >= 11 is 0. The Kier molecular flexibility index (Phi) is 2.58. The molecule has 0 spiro atoms. The van der Waals surface area contributed by atoms with Gasteiger partial charge in [0.05, 0.1) is 0 Å². The van der Waals surface area contributed by atoms with Gasteiger partial charge in [0.15, 0.2) is 0 Å². The fourth-order valence-corrected chi connectivity index (χ4v) is 1.87. The van der Waals surface area contributed by atoms with Crippen LogP contribution >= 0.6 is 0 Å². The highest BCUT2D eigenvalue weighted by molar-refractivity contribution is 5.94. The lowest BCUT2D eigenvalue weighted by Gasteiger charge is -2.33. The van der Waals surface area contributed by atoms with E-state index < -0.39 is 0 Å². The fourth-order valence-electron chi connectivity index (χ4n) is 1.87. The Morgan fingerprint density at radius 2 is 2.27 bits per heavy atom. The van der Waals surface area contributed by atoms with Crippen molar-refractivity contribution in [3.63, 3.8) is 0 Å². The van der Waals surface area contributed by atoms with Crippen LogP contribution in [0.4, 0.5) is 0 Å². The van der Waals surface area contributed by atoms with E-state index in [1.54, 1.807) is 6.07 Å². The molecule has 0 bridgehead atoms. The molecular formula is C11H14N2O2. The first-order valence-corrected chi connectivity index (χ1v) is 5.15. The first-order valence-electron chi connectivity index (χ1n) is 5.15. The molecule has 80 valence electrons. The second-order valence-corrected chi connectivity index (χ2v) is 4.19. The van der Waals surface area contributed by atoms with Crippen LogP contribution in [0, 0.1) is 5.92 Å². The Morgan fingerprint density at radius 3 is 2.87 bits per heavy atom. The number of hydrogen-bond acceptors (Lipinski definition) is 2. The zero-order valence-electron chi connectivity index (χ0n) is 8.62. The molecule has 1 saturated carbocycles.